The molecule has 0 heterocycles. The van der Waals surface area contributed by atoms with E-state index in [1.807, 2.05) is 0 Å². The maximum absolute atomic E-state index is 9.24. The lowest BCUT2D eigenvalue weighted by Crippen LogP contribution is -2.08. The van der Waals surface area contributed by atoms with Crippen molar-refractivity contribution in [1.82, 2.24) is 0 Å². The number of hydrogen-bond donors (Lipinski definition) is 0. The third-order valence-corrected chi connectivity index (χ3v) is 3.61. The Balaban J connectivity index is 2.54. The second-order valence-electron chi connectivity index (χ2n) is 4.58. The molecule has 0 aromatic heterocycles. The van der Waals surface area contributed by atoms with Crippen LogP contribution in [0, 0.1) is 11.3 Å². The zero-order valence-electron chi connectivity index (χ0n) is 9.05. The van der Waals surface area contributed by atoms with Crippen LogP contribution in [0.5, 0.6) is 0 Å². The molecule has 78 valence electrons. The molecule has 2 heteroatoms. The van der Waals surface area contributed by atoms with E-state index in [0.29, 0.717) is 5.92 Å². The molecule has 0 N–H and O–H groups in total. The first-order valence-corrected chi connectivity index (χ1v) is 6.09. The lowest BCUT2D eigenvalue weighted by Gasteiger charge is -2.16. The van der Waals surface area contributed by atoms with Crippen LogP contribution in [0.4, 0.5) is 0 Å². The minimum Gasteiger partial charge on any atom is -0.197 e. The Bertz CT molecular complexity index is 425. The van der Waals surface area contributed by atoms with E-state index in [1.54, 1.807) is 0 Å². The van der Waals surface area contributed by atoms with Crippen molar-refractivity contribution >= 4 is 15.9 Å². The SMILES string of the molecule is CC(C)c1ccc(Br)cc1C1(C#N)CC1. The number of nitrogens with zero attached hydrogens (tertiary/aromatic N) is 1. The van der Waals surface area contributed by atoms with Gasteiger partial charge in [-0.1, -0.05) is 35.8 Å². The predicted molar refractivity (Wildman–Crippen MR) is 64.8 cm³/mol. The lowest BCUT2D eigenvalue weighted by molar-refractivity contribution is 0.802. The summed E-state index contributed by atoms with van der Waals surface area (Å²) in [5.74, 6) is 0.485. The molecule has 1 fully saturated rings. The fourth-order valence-electron chi connectivity index (χ4n) is 2.01. The van der Waals surface area contributed by atoms with Gasteiger partial charge in [0.25, 0.3) is 0 Å². The van der Waals surface area contributed by atoms with Crippen molar-refractivity contribution in [2.45, 2.75) is 38.0 Å². The van der Waals surface area contributed by atoms with Gasteiger partial charge in [-0.2, -0.15) is 5.26 Å². The molecule has 0 bridgehead atoms. The summed E-state index contributed by atoms with van der Waals surface area (Å²) in [6, 6.07) is 8.79. The van der Waals surface area contributed by atoms with Crippen LogP contribution in [0.15, 0.2) is 22.7 Å². The molecule has 1 nitrogen and oxygen atoms in total. The highest BCUT2D eigenvalue weighted by molar-refractivity contribution is 9.10. The Morgan fingerprint density at radius 3 is 2.53 bits per heavy atom. The maximum Gasteiger partial charge on any atom is 0.0826 e. The molecule has 0 radical (unpaired) electrons. The van der Waals surface area contributed by atoms with Crippen molar-refractivity contribution in [3.05, 3.63) is 33.8 Å². The molecule has 0 saturated heterocycles. The minimum absolute atomic E-state index is 0.177. The second-order valence-corrected chi connectivity index (χ2v) is 5.50. The van der Waals surface area contributed by atoms with Crippen molar-refractivity contribution in [3.8, 4) is 6.07 Å². The Morgan fingerprint density at radius 1 is 1.40 bits per heavy atom. The van der Waals surface area contributed by atoms with Gasteiger partial charge in [-0.15, -0.1) is 0 Å². The van der Waals surface area contributed by atoms with E-state index in [0.717, 1.165) is 17.3 Å². The van der Waals surface area contributed by atoms with Crippen LogP contribution < -0.4 is 0 Å². The average molecular weight is 264 g/mol. The van der Waals surface area contributed by atoms with E-state index in [1.165, 1.54) is 11.1 Å². The molecule has 0 amide bonds. The number of rotatable bonds is 2. The van der Waals surface area contributed by atoms with Crippen LogP contribution in [0.3, 0.4) is 0 Å². The Morgan fingerprint density at radius 2 is 2.07 bits per heavy atom. The summed E-state index contributed by atoms with van der Waals surface area (Å²) in [4.78, 5) is 0. The summed E-state index contributed by atoms with van der Waals surface area (Å²) in [6.45, 7) is 4.36. The van der Waals surface area contributed by atoms with Crippen LogP contribution in [0.1, 0.15) is 43.7 Å². The topological polar surface area (TPSA) is 23.8 Å². The first-order chi connectivity index (χ1) is 7.09. The normalized spacial score (nSPS) is 17.5. The highest BCUT2D eigenvalue weighted by Gasteiger charge is 2.46. The average Bonchev–Trinajstić information content (AvgIpc) is 2.97. The quantitative estimate of drug-likeness (QED) is 0.787. The van der Waals surface area contributed by atoms with Gasteiger partial charge >= 0.3 is 0 Å². The van der Waals surface area contributed by atoms with Gasteiger partial charge < -0.3 is 0 Å². The predicted octanol–water partition coefficient (Wildman–Crippen LogP) is 4.13. The van der Waals surface area contributed by atoms with Gasteiger partial charge in [-0.25, -0.2) is 0 Å². The van der Waals surface area contributed by atoms with E-state index in [9.17, 15) is 5.26 Å². The van der Waals surface area contributed by atoms with Gasteiger partial charge in [0.05, 0.1) is 11.5 Å². The van der Waals surface area contributed by atoms with E-state index >= 15 is 0 Å². The standard InChI is InChI=1S/C13H14BrN/c1-9(2)11-4-3-10(14)7-12(11)13(8-15)5-6-13/h3-4,7,9H,5-6H2,1-2H3. The molecular weight excluding hydrogens is 250 g/mol. The summed E-state index contributed by atoms with van der Waals surface area (Å²) < 4.78 is 1.07. The summed E-state index contributed by atoms with van der Waals surface area (Å²) in [5, 5.41) is 9.24. The maximum atomic E-state index is 9.24. The van der Waals surface area contributed by atoms with Gasteiger partial charge in [-0.05, 0) is 42.0 Å². The molecule has 0 unspecified atom stereocenters. The van der Waals surface area contributed by atoms with E-state index in [4.69, 9.17) is 0 Å². The molecule has 0 atom stereocenters. The van der Waals surface area contributed by atoms with E-state index in [2.05, 4.69) is 54.0 Å². The fourth-order valence-corrected chi connectivity index (χ4v) is 2.37. The van der Waals surface area contributed by atoms with Crippen molar-refractivity contribution in [2.75, 3.05) is 0 Å². The van der Waals surface area contributed by atoms with Crippen molar-refractivity contribution in [3.63, 3.8) is 0 Å². The molecular formula is C13H14BrN. The molecule has 1 aromatic carbocycles. The first kappa shape index (κ1) is 10.7. The van der Waals surface area contributed by atoms with Crippen LogP contribution in [-0.2, 0) is 5.41 Å². The zero-order valence-corrected chi connectivity index (χ0v) is 10.6. The summed E-state index contributed by atoms with van der Waals surface area (Å²) in [5.41, 5.74) is 2.37. The smallest absolute Gasteiger partial charge is 0.0826 e. The fraction of sp³-hybridized carbons (Fsp3) is 0.462. The Labute approximate surface area is 99.2 Å². The third-order valence-electron chi connectivity index (χ3n) is 3.12. The number of hydrogen-bond acceptors (Lipinski definition) is 1. The molecule has 1 saturated carbocycles. The molecule has 1 aliphatic rings. The van der Waals surface area contributed by atoms with Crippen LogP contribution in [0.25, 0.3) is 0 Å². The lowest BCUT2D eigenvalue weighted by atomic mass is 9.87. The number of halogens is 1. The van der Waals surface area contributed by atoms with Crippen molar-refractivity contribution in [2.24, 2.45) is 0 Å². The number of nitriles is 1. The Hall–Kier alpha value is -0.810. The second kappa shape index (κ2) is 3.64. The van der Waals surface area contributed by atoms with Crippen LogP contribution in [-0.4, -0.2) is 0 Å². The monoisotopic (exact) mass is 263 g/mol. The minimum atomic E-state index is -0.177. The van der Waals surface area contributed by atoms with Gasteiger partial charge in [0.1, 0.15) is 0 Å². The Kier molecular flexibility index (Phi) is 2.60. The highest BCUT2D eigenvalue weighted by atomic mass is 79.9. The van der Waals surface area contributed by atoms with Crippen LogP contribution >= 0.6 is 15.9 Å². The molecule has 15 heavy (non-hydrogen) atoms. The summed E-state index contributed by atoms with van der Waals surface area (Å²) >= 11 is 3.49. The van der Waals surface area contributed by atoms with Gasteiger partial charge in [0.2, 0.25) is 0 Å². The molecule has 0 spiro atoms. The zero-order chi connectivity index (χ0) is 11.1. The molecule has 0 aliphatic heterocycles. The van der Waals surface area contributed by atoms with Gasteiger partial charge in [0.15, 0.2) is 0 Å². The molecule has 1 aliphatic carbocycles. The first-order valence-electron chi connectivity index (χ1n) is 5.30. The largest absolute Gasteiger partial charge is 0.197 e. The van der Waals surface area contributed by atoms with Gasteiger partial charge in [-0.3, -0.25) is 0 Å². The van der Waals surface area contributed by atoms with Crippen molar-refractivity contribution in [1.29, 1.82) is 5.26 Å². The van der Waals surface area contributed by atoms with E-state index < -0.39 is 0 Å². The number of benzene rings is 1. The molecule has 1 aromatic rings. The third kappa shape index (κ3) is 1.81. The van der Waals surface area contributed by atoms with Gasteiger partial charge in [0, 0.05) is 4.47 Å². The van der Waals surface area contributed by atoms with E-state index in [-0.39, 0.29) is 5.41 Å². The summed E-state index contributed by atoms with van der Waals surface area (Å²) in [6.07, 6.45) is 2.03. The highest BCUT2D eigenvalue weighted by Crippen LogP contribution is 2.50. The van der Waals surface area contributed by atoms with Crippen LogP contribution in [0.2, 0.25) is 0 Å². The van der Waals surface area contributed by atoms with Crippen molar-refractivity contribution < 1.29 is 0 Å². The summed E-state index contributed by atoms with van der Waals surface area (Å²) in [7, 11) is 0. The molecule has 2 rings (SSSR count).